The standard InChI is InChI=1S/C17H18N2O2S/c20-17(18-14-5-2-1-3-6-14)13-15(16-7-4-12-22-16)19-8-10-21-11-9-19/h1-7,12-13H,8-11H2,(H,18,20)/b15-13-. The molecule has 1 aromatic carbocycles. The van der Waals surface area contributed by atoms with Crippen LogP contribution >= 0.6 is 11.3 Å². The molecule has 0 atom stereocenters. The van der Waals surface area contributed by atoms with Gasteiger partial charge in [0.05, 0.1) is 23.8 Å². The molecule has 0 bridgehead atoms. The van der Waals surface area contributed by atoms with Crippen molar-refractivity contribution in [2.45, 2.75) is 0 Å². The molecule has 4 nitrogen and oxygen atoms in total. The van der Waals surface area contributed by atoms with Crippen LogP contribution in [0.25, 0.3) is 5.70 Å². The molecule has 2 aromatic rings. The van der Waals surface area contributed by atoms with Crippen LogP contribution < -0.4 is 5.32 Å². The number of amides is 1. The molecule has 1 aromatic heterocycles. The summed E-state index contributed by atoms with van der Waals surface area (Å²) < 4.78 is 5.40. The molecule has 1 amide bonds. The van der Waals surface area contributed by atoms with Gasteiger partial charge in [0, 0.05) is 24.9 Å². The third kappa shape index (κ3) is 3.75. The van der Waals surface area contributed by atoms with Crippen LogP contribution in [0.15, 0.2) is 53.9 Å². The summed E-state index contributed by atoms with van der Waals surface area (Å²) in [6.07, 6.45) is 1.68. The Morgan fingerprint density at radius 3 is 2.59 bits per heavy atom. The van der Waals surface area contributed by atoms with Crippen molar-refractivity contribution in [2.24, 2.45) is 0 Å². The fourth-order valence-electron chi connectivity index (χ4n) is 2.37. The summed E-state index contributed by atoms with van der Waals surface area (Å²) in [7, 11) is 0. The number of hydrogen-bond donors (Lipinski definition) is 1. The molecule has 2 heterocycles. The Balaban J connectivity index is 1.80. The van der Waals surface area contributed by atoms with Crippen LogP contribution in [0.1, 0.15) is 4.88 Å². The number of rotatable bonds is 4. The third-order valence-electron chi connectivity index (χ3n) is 3.43. The lowest BCUT2D eigenvalue weighted by molar-refractivity contribution is -0.111. The zero-order chi connectivity index (χ0) is 15.2. The minimum absolute atomic E-state index is 0.110. The van der Waals surface area contributed by atoms with Gasteiger partial charge in [-0.25, -0.2) is 0 Å². The molecule has 5 heteroatoms. The monoisotopic (exact) mass is 314 g/mol. The number of ether oxygens (including phenoxy) is 1. The summed E-state index contributed by atoms with van der Waals surface area (Å²) in [5.41, 5.74) is 1.77. The second kappa shape index (κ2) is 7.24. The van der Waals surface area contributed by atoms with Crippen molar-refractivity contribution in [3.05, 3.63) is 58.8 Å². The largest absolute Gasteiger partial charge is 0.378 e. The maximum absolute atomic E-state index is 12.3. The lowest BCUT2D eigenvalue weighted by Crippen LogP contribution is -2.35. The molecular weight excluding hydrogens is 296 g/mol. The summed E-state index contributed by atoms with van der Waals surface area (Å²) in [6, 6.07) is 13.5. The second-order valence-corrected chi connectivity index (χ2v) is 5.91. The average molecular weight is 314 g/mol. The van der Waals surface area contributed by atoms with Crippen molar-refractivity contribution >= 4 is 28.6 Å². The van der Waals surface area contributed by atoms with Crippen LogP contribution in [-0.2, 0) is 9.53 Å². The van der Waals surface area contributed by atoms with Crippen molar-refractivity contribution in [2.75, 3.05) is 31.6 Å². The Morgan fingerprint density at radius 2 is 1.91 bits per heavy atom. The van der Waals surface area contributed by atoms with Crippen LogP contribution in [0.4, 0.5) is 5.69 Å². The number of morpholine rings is 1. The van der Waals surface area contributed by atoms with Crippen molar-refractivity contribution < 1.29 is 9.53 Å². The topological polar surface area (TPSA) is 41.6 Å². The van der Waals surface area contributed by atoms with Gasteiger partial charge in [-0.3, -0.25) is 4.79 Å². The van der Waals surface area contributed by atoms with Gasteiger partial charge in [-0.15, -0.1) is 11.3 Å². The van der Waals surface area contributed by atoms with Crippen molar-refractivity contribution in [1.82, 2.24) is 4.90 Å². The predicted molar refractivity (Wildman–Crippen MR) is 89.8 cm³/mol. The minimum atomic E-state index is -0.110. The van der Waals surface area contributed by atoms with E-state index in [1.54, 1.807) is 17.4 Å². The van der Waals surface area contributed by atoms with E-state index in [4.69, 9.17) is 4.74 Å². The van der Waals surface area contributed by atoms with Gasteiger partial charge in [-0.2, -0.15) is 0 Å². The second-order valence-electron chi connectivity index (χ2n) is 4.96. The van der Waals surface area contributed by atoms with Gasteiger partial charge >= 0.3 is 0 Å². The van der Waals surface area contributed by atoms with Gasteiger partial charge in [0.15, 0.2) is 0 Å². The Kier molecular flexibility index (Phi) is 4.88. The quantitative estimate of drug-likeness (QED) is 0.882. The summed E-state index contributed by atoms with van der Waals surface area (Å²) in [6.45, 7) is 3.01. The number of carbonyl (C=O) groups excluding carboxylic acids is 1. The van der Waals surface area contributed by atoms with Gasteiger partial charge in [0.2, 0.25) is 5.91 Å². The maximum Gasteiger partial charge on any atom is 0.250 e. The highest BCUT2D eigenvalue weighted by atomic mass is 32.1. The van der Waals surface area contributed by atoms with Crippen molar-refractivity contribution in [3.63, 3.8) is 0 Å². The molecule has 0 aliphatic carbocycles. The Labute approximate surface area is 134 Å². The first-order valence-electron chi connectivity index (χ1n) is 7.27. The SMILES string of the molecule is O=C(/C=C(/c1cccs1)N1CCOCC1)Nc1ccccc1. The zero-order valence-corrected chi connectivity index (χ0v) is 13.0. The Morgan fingerprint density at radius 1 is 1.14 bits per heavy atom. The number of benzene rings is 1. The summed E-state index contributed by atoms with van der Waals surface area (Å²) in [5.74, 6) is -0.110. The summed E-state index contributed by atoms with van der Waals surface area (Å²) in [5, 5.41) is 4.93. The molecule has 0 spiro atoms. The molecule has 1 N–H and O–H groups in total. The number of nitrogens with zero attached hydrogens (tertiary/aromatic N) is 1. The fourth-order valence-corrected chi connectivity index (χ4v) is 3.14. The molecule has 1 aliphatic heterocycles. The highest BCUT2D eigenvalue weighted by Gasteiger charge is 2.17. The lowest BCUT2D eigenvalue weighted by Gasteiger charge is -2.30. The van der Waals surface area contributed by atoms with Gasteiger partial charge < -0.3 is 15.0 Å². The molecule has 22 heavy (non-hydrogen) atoms. The third-order valence-corrected chi connectivity index (χ3v) is 4.33. The highest BCUT2D eigenvalue weighted by molar-refractivity contribution is 7.11. The first-order chi connectivity index (χ1) is 10.8. The summed E-state index contributed by atoms with van der Waals surface area (Å²) >= 11 is 1.64. The van der Waals surface area contributed by atoms with E-state index in [-0.39, 0.29) is 5.91 Å². The molecule has 1 aliphatic rings. The van der Waals surface area contributed by atoms with Gasteiger partial charge in [-0.05, 0) is 23.6 Å². The molecule has 1 fully saturated rings. The Hall–Kier alpha value is -2.11. The fraction of sp³-hybridized carbons (Fsp3) is 0.235. The van der Waals surface area contributed by atoms with E-state index in [1.807, 2.05) is 47.8 Å². The first kappa shape index (κ1) is 14.8. The number of thiophene rings is 1. The smallest absolute Gasteiger partial charge is 0.250 e. The molecule has 114 valence electrons. The van der Waals surface area contributed by atoms with Crippen LogP contribution in [0, 0.1) is 0 Å². The number of para-hydroxylation sites is 1. The molecular formula is C17H18N2O2S. The average Bonchev–Trinajstić information content (AvgIpc) is 3.08. The van der Waals surface area contributed by atoms with Crippen LogP contribution in [0.2, 0.25) is 0 Å². The van der Waals surface area contributed by atoms with E-state index in [0.29, 0.717) is 13.2 Å². The number of nitrogens with one attached hydrogen (secondary N) is 1. The molecule has 0 radical (unpaired) electrons. The van der Waals surface area contributed by atoms with E-state index in [0.717, 1.165) is 29.4 Å². The van der Waals surface area contributed by atoms with E-state index in [9.17, 15) is 4.79 Å². The van der Waals surface area contributed by atoms with Crippen molar-refractivity contribution in [3.8, 4) is 0 Å². The van der Waals surface area contributed by atoms with Crippen LogP contribution in [0.3, 0.4) is 0 Å². The van der Waals surface area contributed by atoms with E-state index >= 15 is 0 Å². The van der Waals surface area contributed by atoms with Crippen LogP contribution in [0.5, 0.6) is 0 Å². The highest BCUT2D eigenvalue weighted by Crippen LogP contribution is 2.25. The normalized spacial score (nSPS) is 15.6. The molecule has 0 saturated carbocycles. The number of carbonyl (C=O) groups is 1. The van der Waals surface area contributed by atoms with E-state index in [1.165, 1.54) is 0 Å². The first-order valence-corrected chi connectivity index (χ1v) is 8.15. The molecule has 0 unspecified atom stereocenters. The van der Waals surface area contributed by atoms with Gasteiger partial charge in [0.1, 0.15) is 0 Å². The predicted octanol–water partition coefficient (Wildman–Crippen LogP) is 3.06. The van der Waals surface area contributed by atoms with Gasteiger partial charge in [0.25, 0.3) is 0 Å². The minimum Gasteiger partial charge on any atom is -0.378 e. The number of anilines is 1. The van der Waals surface area contributed by atoms with E-state index < -0.39 is 0 Å². The van der Waals surface area contributed by atoms with Crippen molar-refractivity contribution in [1.29, 1.82) is 0 Å². The van der Waals surface area contributed by atoms with Crippen LogP contribution in [-0.4, -0.2) is 37.1 Å². The maximum atomic E-state index is 12.3. The summed E-state index contributed by atoms with van der Waals surface area (Å²) in [4.78, 5) is 15.6. The zero-order valence-electron chi connectivity index (χ0n) is 12.2. The Bertz CT molecular complexity index is 632. The lowest BCUT2D eigenvalue weighted by atomic mass is 10.2. The molecule has 1 saturated heterocycles. The molecule has 3 rings (SSSR count). The number of hydrogen-bond acceptors (Lipinski definition) is 4. The van der Waals surface area contributed by atoms with Gasteiger partial charge in [-0.1, -0.05) is 24.3 Å². The van der Waals surface area contributed by atoms with E-state index in [2.05, 4.69) is 10.2 Å².